The largest absolute Gasteiger partial charge is 0.355 e. The smallest absolute Gasteiger partial charge is 0.230 e. The van der Waals surface area contributed by atoms with Gasteiger partial charge in [0.15, 0.2) is 0 Å². The van der Waals surface area contributed by atoms with E-state index in [1.54, 1.807) is 0 Å². The van der Waals surface area contributed by atoms with Crippen molar-refractivity contribution in [2.75, 3.05) is 13.1 Å². The molecule has 2 unspecified atom stereocenters. The lowest BCUT2D eigenvalue weighted by Crippen LogP contribution is -2.51. The number of piperidine rings is 1. The van der Waals surface area contributed by atoms with E-state index in [1.165, 1.54) is 38.5 Å². The first-order valence-corrected chi connectivity index (χ1v) is 11.8. The van der Waals surface area contributed by atoms with Gasteiger partial charge in [-0.25, -0.2) is 0 Å². The van der Waals surface area contributed by atoms with Crippen LogP contribution in [-0.2, 0) is 15.0 Å². The van der Waals surface area contributed by atoms with Crippen LogP contribution in [0.3, 0.4) is 0 Å². The number of rotatable bonds is 5. The summed E-state index contributed by atoms with van der Waals surface area (Å²) >= 11 is 0. The van der Waals surface area contributed by atoms with Crippen molar-refractivity contribution >= 4 is 11.8 Å². The number of fused-ring (bicyclic) bond motifs is 1. The Morgan fingerprint density at radius 2 is 1.66 bits per heavy atom. The second-order valence-corrected chi connectivity index (χ2v) is 9.36. The molecule has 2 atom stereocenters. The van der Waals surface area contributed by atoms with Crippen LogP contribution in [-0.4, -0.2) is 35.8 Å². The van der Waals surface area contributed by atoms with Gasteiger partial charge in [0.25, 0.3) is 0 Å². The molecule has 1 saturated heterocycles. The number of nitrogens with zero attached hydrogens (tertiary/aromatic N) is 1. The molecule has 158 valence electrons. The molecule has 4 rings (SSSR count). The Labute approximate surface area is 175 Å². The summed E-state index contributed by atoms with van der Waals surface area (Å²) in [6.07, 6.45) is 13.1. The fourth-order valence-electron chi connectivity index (χ4n) is 6.09. The van der Waals surface area contributed by atoms with E-state index in [0.717, 1.165) is 44.2 Å². The van der Waals surface area contributed by atoms with Crippen molar-refractivity contribution < 1.29 is 9.59 Å². The zero-order valence-corrected chi connectivity index (χ0v) is 17.7. The number of benzene rings is 1. The van der Waals surface area contributed by atoms with Crippen molar-refractivity contribution in [2.24, 2.45) is 5.92 Å². The van der Waals surface area contributed by atoms with Crippen LogP contribution in [0.1, 0.15) is 82.6 Å². The van der Waals surface area contributed by atoms with E-state index < -0.39 is 5.41 Å². The van der Waals surface area contributed by atoms with Gasteiger partial charge in [-0.1, -0.05) is 62.4 Å². The van der Waals surface area contributed by atoms with Gasteiger partial charge in [0, 0.05) is 25.6 Å². The summed E-state index contributed by atoms with van der Waals surface area (Å²) in [4.78, 5) is 28.4. The van der Waals surface area contributed by atoms with Crippen LogP contribution in [0.4, 0.5) is 0 Å². The molecule has 4 heteroatoms. The summed E-state index contributed by atoms with van der Waals surface area (Å²) in [5, 5.41) is 3.15. The van der Waals surface area contributed by atoms with Gasteiger partial charge in [0.05, 0.1) is 5.41 Å². The molecule has 3 fully saturated rings. The first-order valence-electron chi connectivity index (χ1n) is 11.8. The highest BCUT2D eigenvalue weighted by Crippen LogP contribution is 2.40. The molecule has 3 aliphatic rings. The first kappa shape index (κ1) is 20.4. The summed E-state index contributed by atoms with van der Waals surface area (Å²) in [7, 11) is 0. The Morgan fingerprint density at radius 3 is 2.45 bits per heavy atom. The van der Waals surface area contributed by atoms with Gasteiger partial charge in [-0.2, -0.15) is 0 Å². The van der Waals surface area contributed by atoms with Crippen molar-refractivity contribution in [3.05, 3.63) is 35.9 Å². The standard InChI is InChI=1S/C25H36N2O2/c28-23(27-19-9-11-20-10-5-6-14-22(20)27)15-18-26-24(29)25(16-7-2-8-17-25)21-12-3-1-4-13-21/h1,3-4,12-13,20,22H,2,5-11,14-19H2,(H,26,29). The van der Waals surface area contributed by atoms with Crippen LogP contribution in [0, 0.1) is 5.92 Å². The second-order valence-electron chi connectivity index (χ2n) is 9.36. The van der Waals surface area contributed by atoms with E-state index in [0.29, 0.717) is 24.9 Å². The van der Waals surface area contributed by atoms with Gasteiger partial charge < -0.3 is 10.2 Å². The van der Waals surface area contributed by atoms with Crippen LogP contribution >= 0.6 is 0 Å². The van der Waals surface area contributed by atoms with Crippen molar-refractivity contribution in [3.8, 4) is 0 Å². The SMILES string of the molecule is O=C(CCNC(=O)C1(c2ccccc2)CCCCC1)N1CCCC2CCCCC21. The molecule has 2 aliphatic carbocycles. The Morgan fingerprint density at radius 1 is 0.931 bits per heavy atom. The van der Waals surface area contributed by atoms with Gasteiger partial charge in [0.2, 0.25) is 11.8 Å². The molecular formula is C25H36N2O2. The van der Waals surface area contributed by atoms with Gasteiger partial charge in [-0.05, 0) is 50.0 Å². The van der Waals surface area contributed by atoms with E-state index in [9.17, 15) is 9.59 Å². The Bertz CT molecular complexity index is 694. The molecule has 2 saturated carbocycles. The molecule has 29 heavy (non-hydrogen) atoms. The Hall–Kier alpha value is -1.84. The van der Waals surface area contributed by atoms with Gasteiger partial charge in [-0.15, -0.1) is 0 Å². The van der Waals surface area contributed by atoms with Gasteiger partial charge in [0.1, 0.15) is 0 Å². The molecule has 1 aromatic rings. The third kappa shape index (κ3) is 4.36. The molecular weight excluding hydrogens is 360 g/mol. The highest BCUT2D eigenvalue weighted by molar-refractivity contribution is 5.88. The van der Waals surface area contributed by atoms with Crippen LogP contribution in [0.15, 0.2) is 30.3 Å². The lowest BCUT2D eigenvalue weighted by Gasteiger charge is -2.44. The molecule has 0 aromatic heterocycles. The number of likely N-dealkylation sites (tertiary alicyclic amines) is 1. The number of amides is 2. The summed E-state index contributed by atoms with van der Waals surface area (Å²) < 4.78 is 0. The Kier molecular flexibility index (Phi) is 6.56. The number of hydrogen-bond acceptors (Lipinski definition) is 2. The van der Waals surface area contributed by atoms with Crippen molar-refractivity contribution in [1.82, 2.24) is 10.2 Å². The zero-order chi connectivity index (χ0) is 20.1. The van der Waals surface area contributed by atoms with E-state index >= 15 is 0 Å². The summed E-state index contributed by atoms with van der Waals surface area (Å²) in [6, 6.07) is 10.7. The number of hydrogen-bond donors (Lipinski definition) is 1. The van der Waals surface area contributed by atoms with Crippen LogP contribution in [0.25, 0.3) is 0 Å². The average Bonchev–Trinajstić information content (AvgIpc) is 2.79. The predicted molar refractivity (Wildman–Crippen MR) is 116 cm³/mol. The fourth-order valence-corrected chi connectivity index (χ4v) is 6.09. The van der Waals surface area contributed by atoms with E-state index in [-0.39, 0.29) is 11.8 Å². The minimum atomic E-state index is -0.415. The Balaban J connectivity index is 1.35. The van der Waals surface area contributed by atoms with Crippen molar-refractivity contribution in [3.63, 3.8) is 0 Å². The van der Waals surface area contributed by atoms with E-state index in [1.807, 2.05) is 18.2 Å². The molecule has 4 nitrogen and oxygen atoms in total. The maximum Gasteiger partial charge on any atom is 0.230 e. The lowest BCUT2D eigenvalue weighted by atomic mass is 9.68. The van der Waals surface area contributed by atoms with Crippen LogP contribution < -0.4 is 5.32 Å². The minimum Gasteiger partial charge on any atom is -0.355 e. The maximum atomic E-state index is 13.3. The summed E-state index contributed by atoms with van der Waals surface area (Å²) in [6.45, 7) is 1.36. The summed E-state index contributed by atoms with van der Waals surface area (Å²) in [5.41, 5.74) is 0.715. The van der Waals surface area contributed by atoms with E-state index in [4.69, 9.17) is 0 Å². The molecule has 1 aromatic carbocycles. The van der Waals surface area contributed by atoms with Crippen molar-refractivity contribution in [1.29, 1.82) is 0 Å². The fraction of sp³-hybridized carbons (Fsp3) is 0.680. The second kappa shape index (κ2) is 9.32. The first-order chi connectivity index (χ1) is 14.2. The van der Waals surface area contributed by atoms with Gasteiger partial charge in [-0.3, -0.25) is 9.59 Å². The maximum absolute atomic E-state index is 13.3. The monoisotopic (exact) mass is 396 g/mol. The average molecular weight is 397 g/mol. The molecule has 0 radical (unpaired) electrons. The summed E-state index contributed by atoms with van der Waals surface area (Å²) in [5.74, 6) is 1.06. The van der Waals surface area contributed by atoms with Crippen molar-refractivity contribution in [2.45, 2.75) is 88.5 Å². The highest BCUT2D eigenvalue weighted by Gasteiger charge is 2.41. The van der Waals surface area contributed by atoms with E-state index in [2.05, 4.69) is 22.3 Å². The number of carbonyl (C=O) groups is 2. The lowest BCUT2D eigenvalue weighted by molar-refractivity contribution is -0.137. The molecule has 1 N–H and O–H groups in total. The minimum absolute atomic E-state index is 0.116. The molecule has 0 bridgehead atoms. The van der Waals surface area contributed by atoms with Crippen LogP contribution in [0.2, 0.25) is 0 Å². The molecule has 1 aliphatic heterocycles. The molecule has 2 amide bonds. The molecule has 0 spiro atoms. The van der Waals surface area contributed by atoms with Crippen LogP contribution in [0.5, 0.6) is 0 Å². The predicted octanol–water partition coefficient (Wildman–Crippen LogP) is 4.58. The third-order valence-electron chi connectivity index (χ3n) is 7.66. The van der Waals surface area contributed by atoms with Gasteiger partial charge >= 0.3 is 0 Å². The third-order valence-corrected chi connectivity index (χ3v) is 7.66. The topological polar surface area (TPSA) is 49.4 Å². The highest BCUT2D eigenvalue weighted by atomic mass is 16.2. The number of carbonyl (C=O) groups excluding carboxylic acids is 2. The zero-order valence-electron chi connectivity index (χ0n) is 17.7. The number of nitrogens with one attached hydrogen (secondary N) is 1. The molecule has 1 heterocycles. The normalized spacial score (nSPS) is 26.4. The quantitative estimate of drug-likeness (QED) is 0.792.